The number of methoxy groups -OCH3 is 3. The molecule has 0 radical (unpaired) electrons. The van der Waals surface area contributed by atoms with E-state index in [0.717, 1.165) is 11.1 Å². The molecule has 0 aliphatic heterocycles. The normalized spacial score (nSPS) is 12.9. The Hall–Kier alpha value is -3.30. The summed E-state index contributed by atoms with van der Waals surface area (Å²) in [4.78, 5) is 28.1. The van der Waals surface area contributed by atoms with E-state index in [2.05, 4.69) is 0 Å². The van der Waals surface area contributed by atoms with Crippen LogP contribution in [-0.2, 0) is 43.2 Å². The van der Waals surface area contributed by atoms with E-state index in [-0.39, 0.29) is 25.5 Å². The molecule has 2 aromatic rings. The van der Waals surface area contributed by atoms with E-state index in [1.165, 1.54) is 12.0 Å². The molecular formula is C28H39NO8. The van der Waals surface area contributed by atoms with Crippen LogP contribution in [0.15, 0.2) is 42.5 Å². The van der Waals surface area contributed by atoms with Crippen molar-refractivity contribution in [1.29, 1.82) is 0 Å². The van der Waals surface area contributed by atoms with Crippen LogP contribution in [-0.4, -0.2) is 67.9 Å². The van der Waals surface area contributed by atoms with Gasteiger partial charge in [-0.1, -0.05) is 24.3 Å². The lowest BCUT2D eigenvalue weighted by molar-refractivity contribution is -0.160. The fourth-order valence-electron chi connectivity index (χ4n) is 3.86. The Labute approximate surface area is 219 Å². The lowest BCUT2D eigenvalue weighted by Crippen LogP contribution is -2.58. The molecule has 0 fully saturated rings. The largest absolute Gasteiger partial charge is 0.508 e. The zero-order chi connectivity index (χ0) is 27.6. The molecule has 0 bridgehead atoms. The first kappa shape index (κ1) is 29.9. The summed E-state index contributed by atoms with van der Waals surface area (Å²) in [7, 11) is 4.59. The molecule has 2 rings (SSSR count). The maximum atomic E-state index is 13.6. The van der Waals surface area contributed by atoms with Crippen molar-refractivity contribution in [3.05, 3.63) is 59.2 Å². The zero-order valence-electron chi connectivity index (χ0n) is 22.8. The van der Waals surface area contributed by atoms with Crippen LogP contribution in [0.25, 0.3) is 0 Å². The third-order valence-electron chi connectivity index (χ3n) is 5.70. The predicted octanol–water partition coefficient (Wildman–Crippen LogP) is 4.48. The van der Waals surface area contributed by atoms with Gasteiger partial charge in [0.05, 0.1) is 20.3 Å². The highest BCUT2D eigenvalue weighted by molar-refractivity contribution is 5.86. The van der Waals surface area contributed by atoms with Crippen LogP contribution in [0.1, 0.15) is 44.4 Å². The molecule has 0 saturated carbocycles. The molecule has 1 amide bonds. The smallest absolute Gasteiger partial charge is 0.413 e. The van der Waals surface area contributed by atoms with Crippen LogP contribution in [0, 0.1) is 0 Å². The molecule has 0 aromatic heterocycles. The first-order valence-electron chi connectivity index (χ1n) is 12.0. The van der Waals surface area contributed by atoms with Gasteiger partial charge in [-0.3, -0.25) is 4.90 Å². The van der Waals surface area contributed by atoms with E-state index >= 15 is 0 Å². The Bertz CT molecular complexity index is 1050. The Kier molecular flexibility index (Phi) is 10.8. The number of esters is 1. The number of hydrogen-bond donors (Lipinski definition) is 1. The molecule has 0 aliphatic rings. The number of phenols is 1. The van der Waals surface area contributed by atoms with Crippen LogP contribution >= 0.6 is 0 Å². The Morgan fingerprint density at radius 3 is 2.24 bits per heavy atom. The third kappa shape index (κ3) is 8.36. The highest BCUT2D eigenvalue weighted by Gasteiger charge is 2.45. The van der Waals surface area contributed by atoms with Gasteiger partial charge in [0.25, 0.3) is 0 Å². The highest BCUT2D eigenvalue weighted by atomic mass is 16.6. The van der Waals surface area contributed by atoms with Crippen molar-refractivity contribution in [2.24, 2.45) is 0 Å². The van der Waals surface area contributed by atoms with Crippen LogP contribution in [0.4, 0.5) is 4.79 Å². The van der Waals surface area contributed by atoms with E-state index in [1.807, 2.05) is 12.1 Å². The summed E-state index contributed by atoms with van der Waals surface area (Å²) in [5.74, 6) is 0.147. The lowest BCUT2D eigenvalue weighted by atomic mass is 9.90. The molecule has 204 valence electrons. The molecule has 9 heteroatoms. The molecule has 0 spiro atoms. The maximum Gasteiger partial charge on any atom is 0.413 e. The topological polar surface area (TPSA) is 104 Å². The average Bonchev–Trinajstić information content (AvgIpc) is 2.82. The van der Waals surface area contributed by atoms with E-state index in [1.54, 1.807) is 72.2 Å². The fourth-order valence-corrected chi connectivity index (χ4v) is 3.86. The second-order valence-electron chi connectivity index (χ2n) is 9.87. The second-order valence-corrected chi connectivity index (χ2v) is 9.87. The van der Waals surface area contributed by atoms with Crippen molar-refractivity contribution in [3.63, 3.8) is 0 Å². The number of aromatic hydroxyl groups is 1. The molecule has 1 N–H and O–H groups in total. The van der Waals surface area contributed by atoms with Crippen LogP contribution < -0.4 is 4.74 Å². The number of hydrogen-bond acceptors (Lipinski definition) is 8. The van der Waals surface area contributed by atoms with Crippen molar-refractivity contribution in [3.8, 4) is 11.5 Å². The van der Waals surface area contributed by atoms with Gasteiger partial charge in [0, 0.05) is 32.6 Å². The van der Waals surface area contributed by atoms with Gasteiger partial charge < -0.3 is 28.8 Å². The summed E-state index contributed by atoms with van der Waals surface area (Å²) in [6, 6.07) is 12.3. The summed E-state index contributed by atoms with van der Waals surface area (Å²) in [5, 5.41) is 10.0. The van der Waals surface area contributed by atoms with Gasteiger partial charge in [-0.05, 0) is 57.0 Å². The molecule has 0 saturated heterocycles. The molecule has 0 aliphatic carbocycles. The number of ether oxygens (including phenoxy) is 5. The van der Waals surface area contributed by atoms with Gasteiger partial charge in [0.15, 0.2) is 0 Å². The number of benzene rings is 2. The number of amides is 1. The minimum absolute atomic E-state index is 0.0126. The summed E-state index contributed by atoms with van der Waals surface area (Å²) in [5.41, 5.74) is -0.0521. The summed E-state index contributed by atoms with van der Waals surface area (Å²) >= 11 is 0. The number of rotatable bonds is 12. The fraction of sp³-hybridized carbons (Fsp3) is 0.500. The first-order chi connectivity index (χ1) is 17.4. The lowest BCUT2D eigenvalue weighted by Gasteiger charge is -2.39. The predicted molar refractivity (Wildman–Crippen MR) is 139 cm³/mol. The van der Waals surface area contributed by atoms with Gasteiger partial charge in [-0.2, -0.15) is 0 Å². The Balaban J connectivity index is 2.41. The molecule has 0 heterocycles. The SMILES string of the molecule is COCc1cc(C[C@@](C)(C(=O)OCCc2ccccc2O)N(COC)C(=O)OC(C)(C)C)ccc1OC. The first-order valence-corrected chi connectivity index (χ1v) is 12.0. The minimum Gasteiger partial charge on any atom is -0.508 e. The van der Waals surface area contributed by atoms with Crippen molar-refractivity contribution in [2.45, 2.75) is 58.3 Å². The second kappa shape index (κ2) is 13.3. The van der Waals surface area contributed by atoms with E-state index in [9.17, 15) is 14.7 Å². The summed E-state index contributed by atoms with van der Waals surface area (Å²) in [6.07, 6.45) is -0.280. The number of carbonyl (C=O) groups is 2. The van der Waals surface area contributed by atoms with Gasteiger partial charge in [0.1, 0.15) is 29.4 Å². The Morgan fingerprint density at radius 1 is 0.946 bits per heavy atom. The molecule has 9 nitrogen and oxygen atoms in total. The molecule has 37 heavy (non-hydrogen) atoms. The van der Waals surface area contributed by atoms with Crippen molar-refractivity contribution < 1.29 is 38.4 Å². The summed E-state index contributed by atoms with van der Waals surface area (Å²) in [6.45, 7) is 7.00. The number of nitrogens with zero attached hydrogens (tertiary/aromatic N) is 1. The van der Waals surface area contributed by atoms with Crippen LogP contribution in [0.2, 0.25) is 0 Å². The quantitative estimate of drug-likeness (QED) is 0.325. The van der Waals surface area contributed by atoms with Crippen LogP contribution in [0.5, 0.6) is 11.5 Å². The van der Waals surface area contributed by atoms with E-state index in [4.69, 9.17) is 23.7 Å². The van der Waals surface area contributed by atoms with Crippen molar-refractivity contribution >= 4 is 12.1 Å². The monoisotopic (exact) mass is 517 g/mol. The standard InChI is InChI=1S/C28H39NO8/c1-27(2,3)37-26(32)29(19-34-6)28(4,17-20-12-13-24(35-7)22(16-20)18-33-5)25(31)36-15-14-21-10-8-9-11-23(21)30/h8-13,16,30H,14-15,17-19H2,1-7H3/t28-/m0/s1. The molecular weight excluding hydrogens is 478 g/mol. The molecule has 1 atom stereocenters. The van der Waals surface area contributed by atoms with E-state index in [0.29, 0.717) is 24.3 Å². The molecule has 0 unspecified atom stereocenters. The van der Waals surface area contributed by atoms with Crippen LogP contribution in [0.3, 0.4) is 0 Å². The summed E-state index contributed by atoms with van der Waals surface area (Å²) < 4.78 is 27.3. The number of carbonyl (C=O) groups excluding carboxylic acids is 2. The van der Waals surface area contributed by atoms with E-state index < -0.39 is 23.2 Å². The van der Waals surface area contributed by atoms with Gasteiger partial charge in [-0.25, -0.2) is 9.59 Å². The van der Waals surface area contributed by atoms with Gasteiger partial charge in [-0.15, -0.1) is 0 Å². The minimum atomic E-state index is -1.48. The third-order valence-corrected chi connectivity index (χ3v) is 5.70. The number of para-hydroxylation sites is 1. The zero-order valence-corrected chi connectivity index (χ0v) is 22.8. The van der Waals surface area contributed by atoms with Crippen molar-refractivity contribution in [2.75, 3.05) is 34.7 Å². The van der Waals surface area contributed by atoms with Gasteiger partial charge in [0.2, 0.25) is 0 Å². The maximum absolute atomic E-state index is 13.6. The Morgan fingerprint density at radius 2 is 1.65 bits per heavy atom. The highest BCUT2D eigenvalue weighted by Crippen LogP contribution is 2.29. The average molecular weight is 518 g/mol. The van der Waals surface area contributed by atoms with Crippen molar-refractivity contribution in [1.82, 2.24) is 4.90 Å². The molecule has 2 aromatic carbocycles. The number of phenolic OH excluding ortho intramolecular Hbond substituents is 1. The van der Waals surface area contributed by atoms with Gasteiger partial charge >= 0.3 is 12.1 Å².